The smallest absolute Gasteiger partial charge is 0.218 e. The van der Waals surface area contributed by atoms with E-state index >= 15 is 0 Å². The normalized spacial score (nSPS) is 20.6. The van der Waals surface area contributed by atoms with Crippen molar-refractivity contribution in [2.75, 3.05) is 0 Å². The fourth-order valence-electron chi connectivity index (χ4n) is 5.36. The van der Waals surface area contributed by atoms with Crippen LogP contribution in [-0.4, -0.2) is 42.2 Å². The first-order valence-corrected chi connectivity index (χ1v) is 11.5. The Bertz CT molecular complexity index is 1860. The summed E-state index contributed by atoms with van der Waals surface area (Å²) in [5, 5.41) is 65.8. The summed E-state index contributed by atoms with van der Waals surface area (Å²) < 4.78 is 11.3. The molecule has 0 amide bonds. The molecule has 1 aromatic heterocycles. The molecule has 2 aromatic carbocycles. The minimum Gasteiger partial charge on any atom is -0.511 e. The van der Waals surface area contributed by atoms with Crippen LogP contribution < -0.4 is 5.43 Å². The Hall–Kier alpha value is -4.80. The lowest BCUT2D eigenvalue weighted by molar-refractivity contribution is -0.119. The summed E-state index contributed by atoms with van der Waals surface area (Å²) in [6.45, 7) is 3.08. The monoisotopic (exact) mass is 516 g/mol. The van der Waals surface area contributed by atoms with Gasteiger partial charge in [-0.3, -0.25) is 9.59 Å². The number of ether oxygens (including phenoxy) is 1. The molecule has 0 saturated carbocycles. The van der Waals surface area contributed by atoms with Gasteiger partial charge in [0.25, 0.3) is 0 Å². The summed E-state index contributed by atoms with van der Waals surface area (Å²) in [6, 6.07) is 5.24. The molecule has 2 heterocycles. The van der Waals surface area contributed by atoms with Crippen molar-refractivity contribution in [3.63, 3.8) is 0 Å². The largest absolute Gasteiger partial charge is 0.511 e. The minimum absolute atomic E-state index is 0.0121. The SMILES string of the molecule is CC1=CC(=O)[C@H]2C(=CC3=C(c4c(O)ccc5c(O)c6c(=O)cc(C)oc6cc45)C(O)=CC(O)(O)C3=C2O)O1. The number of aryl methyl sites for hydroxylation is 1. The number of hydrogen-bond donors (Lipinski definition) is 6. The number of allylic oxidation sites excluding steroid dienone is 4. The van der Waals surface area contributed by atoms with Crippen molar-refractivity contribution in [3.8, 4) is 11.5 Å². The van der Waals surface area contributed by atoms with Crippen molar-refractivity contribution in [2.45, 2.75) is 19.6 Å². The highest BCUT2D eigenvalue weighted by molar-refractivity contribution is 6.10. The molecule has 0 saturated heterocycles. The van der Waals surface area contributed by atoms with Gasteiger partial charge in [-0.1, -0.05) is 0 Å². The molecule has 10 heteroatoms. The molecule has 1 atom stereocenters. The van der Waals surface area contributed by atoms with Gasteiger partial charge in [0.05, 0.1) is 5.57 Å². The maximum atomic E-state index is 12.7. The number of rotatable bonds is 1. The first-order valence-electron chi connectivity index (χ1n) is 11.5. The lowest BCUT2D eigenvalue weighted by atomic mass is 9.75. The van der Waals surface area contributed by atoms with E-state index in [2.05, 4.69) is 0 Å². The number of hydrogen-bond acceptors (Lipinski definition) is 10. The van der Waals surface area contributed by atoms with E-state index in [1.807, 2.05) is 0 Å². The molecule has 10 nitrogen and oxygen atoms in total. The number of aliphatic hydroxyl groups is 4. The Balaban J connectivity index is 1.76. The molecule has 0 radical (unpaired) electrons. The molecule has 6 rings (SSSR count). The molecule has 0 bridgehead atoms. The van der Waals surface area contributed by atoms with Crippen molar-refractivity contribution in [1.29, 1.82) is 0 Å². The number of phenolic OH excluding ortho intramolecular Hbond substituents is 2. The van der Waals surface area contributed by atoms with Crippen LogP contribution in [-0.2, 0) is 9.53 Å². The molecule has 6 N–H and O–H groups in total. The number of carbonyl (C=O) groups excluding carboxylic acids is 1. The van der Waals surface area contributed by atoms with E-state index in [9.17, 15) is 40.2 Å². The highest BCUT2D eigenvalue weighted by Gasteiger charge is 2.47. The molecule has 0 unspecified atom stereocenters. The van der Waals surface area contributed by atoms with Crippen molar-refractivity contribution in [2.24, 2.45) is 5.92 Å². The third-order valence-corrected chi connectivity index (χ3v) is 6.85. The average Bonchev–Trinajstić information content (AvgIpc) is 2.78. The number of carbonyl (C=O) groups is 1. The van der Waals surface area contributed by atoms with Crippen LogP contribution in [0.3, 0.4) is 0 Å². The molecule has 1 aliphatic heterocycles. The van der Waals surface area contributed by atoms with Gasteiger partial charge in [0.2, 0.25) is 5.79 Å². The number of phenols is 2. The number of aliphatic hydroxyl groups excluding tert-OH is 2. The predicted molar refractivity (Wildman–Crippen MR) is 134 cm³/mol. The number of fused-ring (bicyclic) bond motifs is 4. The van der Waals surface area contributed by atoms with Crippen LogP contribution in [0.4, 0.5) is 0 Å². The molecule has 3 aromatic rings. The van der Waals surface area contributed by atoms with Gasteiger partial charge in [-0.05, 0) is 38.1 Å². The summed E-state index contributed by atoms with van der Waals surface area (Å²) in [4.78, 5) is 25.2. The zero-order chi connectivity index (χ0) is 27.3. The van der Waals surface area contributed by atoms with Crippen LogP contribution in [0.1, 0.15) is 18.2 Å². The third-order valence-electron chi connectivity index (χ3n) is 6.85. The Morgan fingerprint density at radius 2 is 1.68 bits per heavy atom. The molecule has 2 aliphatic carbocycles. The van der Waals surface area contributed by atoms with Gasteiger partial charge in [0, 0.05) is 45.7 Å². The van der Waals surface area contributed by atoms with E-state index in [4.69, 9.17) is 9.15 Å². The van der Waals surface area contributed by atoms with E-state index in [0.717, 1.165) is 0 Å². The Labute approximate surface area is 213 Å². The van der Waals surface area contributed by atoms with Crippen LogP contribution in [0.5, 0.6) is 11.5 Å². The lowest BCUT2D eigenvalue weighted by Crippen LogP contribution is -2.38. The Morgan fingerprint density at radius 1 is 0.947 bits per heavy atom. The topological polar surface area (TPSA) is 178 Å². The van der Waals surface area contributed by atoms with Crippen LogP contribution in [0.2, 0.25) is 0 Å². The van der Waals surface area contributed by atoms with Gasteiger partial charge < -0.3 is 39.8 Å². The molecule has 192 valence electrons. The molecular formula is C28H20O10. The second-order valence-corrected chi connectivity index (χ2v) is 9.42. The van der Waals surface area contributed by atoms with E-state index in [-0.39, 0.29) is 61.5 Å². The molecule has 38 heavy (non-hydrogen) atoms. The highest BCUT2D eigenvalue weighted by atomic mass is 16.5. The number of aromatic hydroxyl groups is 2. The molecule has 0 spiro atoms. The summed E-state index contributed by atoms with van der Waals surface area (Å²) >= 11 is 0. The molecule has 0 fully saturated rings. The number of benzene rings is 2. The Morgan fingerprint density at radius 3 is 2.42 bits per heavy atom. The Kier molecular flexibility index (Phi) is 4.72. The fourth-order valence-corrected chi connectivity index (χ4v) is 5.36. The fraction of sp³-hybridized carbons (Fsp3) is 0.143. The predicted octanol–water partition coefficient (Wildman–Crippen LogP) is 3.38. The van der Waals surface area contributed by atoms with Gasteiger partial charge in [-0.2, -0.15) is 0 Å². The second kappa shape index (κ2) is 7.60. The van der Waals surface area contributed by atoms with Gasteiger partial charge in [-0.25, -0.2) is 0 Å². The van der Waals surface area contributed by atoms with Gasteiger partial charge in [0.1, 0.15) is 57.2 Å². The van der Waals surface area contributed by atoms with Crippen molar-refractivity contribution < 1.29 is 44.6 Å². The zero-order valence-electron chi connectivity index (χ0n) is 19.9. The zero-order valence-corrected chi connectivity index (χ0v) is 19.9. The number of ketones is 1. The van der Waals surface area contributed by atoms with Crippen molar-refractivity contribution in [3.05, 3.63) is 98.2 Å². The molecular weight excluding hydrogens is 496 g/mol. The van der Waals surface area contributed by atoms with Gasteiger partial charge >= 0.3 is 0 Å². The van der Waals surface area contributed by atoms with E-state index in [1.165, 1.54) is 43.3 Å². The quantitative estimate of drug-likeness (QED) is 0.207. The second-order valence-electron chi connectivity index (χ2n) is 9.42. The minimum atomic E-state index is -2.88. The van der Waals surface area contributed by atoms with Crippen molar-refractivity contribution >= 4 is 33.1 Å². The van der Waals surface area contributed by atoms with Crippen molar-refractivity contribution in [1.82, 2.24) is 0 Å². The lowest BCUT2D eigenvalue weighted by Gasteiger charge is -2.36. The van der Waals surface area contributed by atoms with Crippen LogP contribution in [0.25, 0.3) is 27.3 Å². The standard InChI is InChI=1S/C28H20O10/c1-10-5-16(30)23-19(37-10)7-13-12(26(23)33)3-4-15(29)21(13)22-14-8-20-24(17(31)6-11(2)38-20)27(34)25(14)28(35,36)9-18(22)32/h3-9,24,29,32-36H,1-2H3/t24-/m0/s1. The van der Waals surface area contributed by atoms with E-state index in [0.29, 0.717) is 6.08 Å². The first kappa shape index (κ1) is 23.6. The van der Waals surface area contributed by atoms with E-state index in [1.54, 1.807) is 6.92 Å². The molecule has 3 aliphatic rings. The summed E-state index contributed by atoms with van der Waals surface area (Å²) in [5.74, 6) is -6.46. The summed E-state index contributed by atoms with van der Waals surface area (Å²) in [5.41, 5.74) is -1.33. The summed E-state index contributed by atoms with van der Waals surface area (Å²) in [6.07, 6.45) is 3.09. The maximum absolute atomic E-state index is 12.7. The van der Waals surface area contributed by atoms with Gasteiger partial charge in [-0.15, -0.1) is 0 Å². The van der Waals surface area contributed by atoms with E-state index < -0.39 is 45.8 Å². The third kappa shape index (κ3) is 3.14. The van der Waals surface area contributed by atoms with Gasteiger partial charge in [0.15, 0.2) is 11.2 Å². The van der Waals surface area contributed by atoms with Crippen LogP contribution in [0.15, 0.2) is 85.9 Å². The summed E-state index contributed by atoms with van der Waals surface area (Å²) in [7, 11) is 0. The van der Waals surface area contributed by atoms with Crippen LogP contribution in [0, 0.1) is 12.8 Å². The average molecular weight is 516 g/mol. The maximum Gasteiger partial charge on any atom is 0.218 e. The first-order chi connectivity index (χ1) is 17.9. The van der Waals surface area contributed by atoms with Crippen LogP contribution >= 0.6 is 0 Å². The highest BCUT2D eigenvalue weighted by Crippen LogP contribution is 2.51.